The van der Waals surface area contributed by atoms with Crippen molar-refractivity contribution in [1.82, 2.24) is 20.2 Å². The van der Waals surface area contributed by atoms with E-state index in [0.29, 0.717) is 11.3 Å². The molecule has 2 aliphatic heterocycles. The highest BCUT2D eigenvalue weighted by atomic mass is 16.5. The number of anilines is 3. The van der Waals surface area contributed by atoms with Crippen LogP contribution in [0, 0.1) is 5.41 Å². The summed E-state index contributed by atoms with van der Waals surface area (Å²) in [5, 5.41) is 10.7. The molecule has 120 valence electrons. The lowest BCUT2D eigenvalue weighted by molar-refractivity contribution is -0.0985. The molecule has 2 saturated heterocycles. The van der Waals surface area contributed by atoms with E-state index in [1.165, 1.54) is 18.5 Å². The largest absolute Gasteiger partial charge is 0.380 e. The Bertz CT molecular complexity index is 721. The number of hydrogen-bond donors (Lipinski definition) is 2. The lowest BCUT2D eigenvalue weighted by Crippen LogP contribution is -2.44. The van der Waals surface area contributed by atoms with E-state index in [9.17, 15) is 0 Å². The zero-order valence-corrected chi connectivity index (χ0v) is 13.0. The fourth-order valence-electron chi connectivity index (χ4n) is 3.44. The molecule has 2 aromatic rings. The van der Waals surface area contributed by atoms with Crippen molar-refractivity contribution < 1.29 is 4.74 Å². The predicted octanol–water partition coefficient (Wildman–Crippen LogP) is 2.05. The minimum atomic E-state index is 0.341. The van der Waals surface area contributed by atoms with Gasteiger partial charge in [0, 0.05) is 42.4 Å². The molecule has 0 atom stereocenters. The third kappa shape index (κ3) is 2.45. The molecule has 0 aromatic carbocycles. The van der Waals surface area contributed by atoms with Gasteiger partial charge in [-0.2, -0.15) is 10.1 Å². The number of rotatable bonds is 4. The van der Waals surface area contributed by atoms with Crippen molar-refractivity contribution in [1.29, 1.82) is 0 Å². The topological polar surface area (TPSA) is 79.0 Å². The molecule has 0 amide bonds. The van der Waals surface area contributed by atoms with E-state index >= 15 is 0 Å². The van der Waals surface area contributed by atoms with E-state index in [1.807, 2.05) is 6.07 Å². The Morgan fingerprint density at radius 3 is 2.96 bits per heavy atom. The number of nitrogens with zero attached hydrogens (tertiary/aromatic N) is 4. The Morgan fingerprint density at radius 1 is 1.30 bits per heavy atom. The molecule has 2 N–H and O–H groups in total. The molecular formula is C16H20N6O. The summed E-state index contributed by atoms with van der Waals surface area (Å²) in [4.78, 5) is 11.3. The molecule has 7 heteroatoms. The van der Waals surface area contributed by atoms with E-state index in [4.69, 9.17) is 4.74 Å². The first-order valence-electron chi connectivity index (χ1n) is 8.28. The van der Waals surface area contributed by atoms with Gasteiger partial charge in [0.25, 0.3) is 0 Å². The summed E-state index contributed by atoms with van der Waals surface area (Å²) in [5.74, 6) is 3.07. The summed E-state index contributed by atoms with van der Waals surface area (Å²) in [6.45, 7) is 3.74. The Labute approximate surface area is 134 Å². The summed E-state index contributed by atoms with van der Waals surface area (Å²) in [7, 11) is 0. The first kappa shape index (κ1) is 13.3. The van der Waals surface area contributed by atoms with Gasteiger partial charge in [-0.3, -0.25) is 5.10 Å². The molecule has 1 saturated carbocycles. The van der Waals surface area contributed by atoms with Gasteiger partial charge in [-0.15, -0.1) is 0 Å². The molecule has 1 aliphatic carbocycles. The van der Waals surface area contributed by atoms with Crippen molar-refractivity contribution in [2.45, 2.75) is 25.2 Å². The quantitative estimate of drug-likeness (QED) is 0.899. The van der Waals surface area contributed by atoms with Crippen LogP contribution in [0.2, 0.25) is 0 Å². The second-order valence-corrected chi connectivity index (χ2v) is 7.01. The van der Waals surface area contributed by atoms with E-state index in [2.05, 4.69) is 36.4 Å². The highest BCUT2D eigenvalue weighted by Crippen LogP contribution is 2.40. The molecular weight excluding hydrogens is 292 g/mol. The first-order chi connectivity index (χ1) is 11.3. The van der Waals surface area contributed by atoms with Gasteiger partial charge in [0.15, 0.2) is 5.82 Å². The van der Waals surface area contributed by atoms with E-state index in [-0.39, 0.29) is 0 Å². The Balaban J connectivity index is 1.31. The van der Waals surface area contributed by atoms with Crippen molar-refractivity contribution in [3.05, 3.63) is 24.0 Å². The van der Waals surface area contributed by atoms with Crippen molar-refractivity contribution in [2.24, 2.45) is 5.41 Å². The highest BCUT2D eigenvalue weighted by molar-refractivity contribution is 5.54. The zero-order chi connectivity index (χ0) is 15.3. The average Bonchev–Trinajstić information content (AvgIpc) is 3.10. The van der Waals surface area contributed by atoms with Crippen molar-refractivity contribution in [3.8, 4) is 0 Å². The lowest BCUT2D eigenvalue weighted by atomic mass is 9.85. The Hall–Kier alpha value is -2.15. The van der Waals surface area contributed by atoms with E-state index < -0.39 is 0 Å². The van der Waals surface area contributed by atoms with Crippen LogP contribution in [0.1, 0.15) is 30.9 Å². The Morgan fingerprint density at radius 2 is 2.22 bits per heavy atom. The van der Waals surface area contributed by atoms with Crippen LogP contribution in [0.15, 0.2) is 18.3 Å². The van der Waals surface area contributed by atoms with Crippen LogP contribution in [-0.4, -0.2) is 46.5 Å². The van der Waals surface area contributed by atoms with Crippen LogP contribution in [0.3, 0.4) is 0 Å². The number of nitrogens with one attached hydrogen (secondary N) is 2. The molecule has 7 nitrogen and oxygen atoms in total. The monoisotopic (exact) mass is 312 g/mol. The van der Waals surface area contributed by atoms with Gasteiger partial charge < -0.3 is 15.0 Å². The number of H-pyrrole nitrogens is 1. The predicted molar refractivity (Wildman–Crippen MR) is 86.0 cm³/mol. The fourth-order valence-corrected chi connectivity index (χ4v) is 3.44. The van der Waals surface area contributed by atoms with Gasteiger partial charge >= 0.3 is 0 Å². The molecule has 0 unspecified atom stereocenters. The molecule has 5 rings (SSSR count). The van der Waals surface area contributed by atoms with E-state index in [0.717, 1.165) is 50.3 Å². The lowest BCUT2D eigenvalue weighted by Gasteiger charge is -2.37. The smallest absolute Gasteiger partial charge is 0.227 e. The maximum Gasteiger partial charge on any atom is 0.227 e. The molecule has 3 aliphatic rings. The van der Waals surface area contributed by atoms with Crippen LogP contribution in [0.4, 0.5) is 17.6 Å². The van der Waals surface area contributed by atoms with Gasteiger partial charge in [-0.05, 0) is 25.3 Å². The summed E-state index contributed by atoms with van der Waals surface area (Å²) >= 11 is 0. The molecule has 0 radical (unpaired) electrons. The van der Waals surface area contributed by atoms with Gasteiger partial charge in [-0.25, -0.2) is 4.98 Å². The van der Waals surface area contributed by atoms with Crippen molar-refractivity contribution >= 4 is 17.6 Å². The van der Waals surface area contributed by atoms with Gasteiger partial charge in [0.1, 0.15) is 5.82 Å². The van der Waals surface area contributed by atoms with Gasteiger partial charge in [0.05, 0.1) is 13.2 Å². The fraction of sp³-hybridized carbons (Fsp3) is 0.562. The summed E-state index contributed by atoms with van der Waals surface area (Å²) in [5.41, 5.74) is 1.56. The maximum atomic E-state index is 5.38. The summed E-state index contributed by atoms with van der Waals surface area (Å²) in [6.07, 6.45) is 5.50. The number of aromatic amines is 1. The summed E-state index contributed by atoms with van der Waals surface area (Å²) in [6, 6.07) is 3.96. The van der Waals surface area contributed by atoms with Crippen LogP contribution in [0.25, 0.3) is 0 Å². The van der Waals surface area contributed by atoms with Gasteiger partial charge in [-0.1, -0.05) is 0 Å². The SMILES string of the molecule is c1cc(Nc2cc(C3CC3)[nH]n2)nc(N2CCC3(COC3)C2)n1. The molecule has 3 fully saturated rings. The number of aromatic nitrogens is 4. The summed E-state index contributed by atoms with van der Waals surface area (Å²) < 4.78 is 5.38. The van der Waals surface area contributed by atoms with Crippen LogP contribution in [0.5, 0.6) is 0 Å². The minimum Gasteiger partial charge on any atom is -0.380 e. The van der Waals surface area contributed by atoms with Crippen LogP contribution in [-0.2, 0) is 4.74 Å². The normalized spacial score (nSPS) is 22.3. The maximum absolute atomic E-state index is 5.38. The standard InChI is InChI=1S/C16H20N6O/c1-2-11(1)12-7-14(21-20-12)18-13-3-5-17-15(19-13)22-6-4-16(8-22)9-23-10-16/h3,5,7,11H,1-2,4,6,8-10H2,(H2,17,18,19,20,21). The van der Waals surface area contributed by atoms with Crippen LogP contribution >= 0.6 is 0 Å². The third-order valence-electron chi connectivity index (χ3n) is 5.05. The third-order valence-corrected chi connectivity index (χ3v) is 5.05. The van der Waals surface area contributed by atoms with Crippen molar-refractivity contribution in [3.63, 3.8) is 0 Å². The first-order valence-corrected chi connectivity index (χ1v) is 8.28. The van der Waals surface area contributed by atoms with Gasteiger partial charge in [0.2, 0.25) is 5.95 Å². The molecule has 2 aromatic heterocycles. The minimum absolute atomic E-state index is 0.341. The molecule has 4 heterocycles. The number of hydrogen-bond acceptors (Lipinski definition) is 6. The van der Waals surface area contributed by atoms with Crippen LogP contribution < -0.4 is 10.2 Å². The second kappa shape index (κ2) is 4.92. The zero-order valence-electron chi connectivity index (χ0n) is 13.0. The molecule has 1 spiro atoms. The molecule has 23 heavy (non-hydrogen) atoms. The molecule has 0 bridgehead atoms. The number of ether oxygens (including phenoxy) is 1. The highest BCUT2D eigenvalue weighted by Gasteiger charge is 2.45. The Kier molecular flexibility index (Phi) is 2.85. The average molecular weight is 312 g/mol. The van der Waals surface area contributed by atoms with Crippen molar-refractivity contribution in [2.75, 3.05) is 36.5 Å². The van der Waals surface area contributed by atoms with E-state index in [1.54, 1.807) is 6.20 Å². The second-order valence-electron chi connectivity index (χ2n) is 7.01.